The van der Waals surface area contributed by atoms with Gasteiger partial charge in [-0.3, -0.25) is 0 Å². The molecule has 0 spiro atoms. The van der Waals surface area contributed by atoms with Crippen LogP contribution in [0, 0.1) is 11.3 Å². The zero-order valence-electron chi connectivity index (χ0n) is 15.1. The molecule has 3 heteroatoms. The van der Waals surface area contributed by atoms with Crippen LogP contribution in [0.25, 0.3) is 0 Å². The molecule has 1 fully saturated rings. The number of hydrogen-bond acceptors (Lipinski definition) is 3. The third kappa shape index (κ3) is 6.66. The quantitative estimate of drug-likeness (QED) is 0.667. The van der Waals surface area contributed by atoms with E-state index >= 15 is 0 Å². The summed E-state index contributed by atoms with van der Waals surface area (Å²) in [5.41, 5.74) is 0.407. The fraction of sp³-hybridized carbons (Fsp3) is 1.00. The molecule has 0 aromatic carbocycles. The Bertz CT molecular complexity index is 258. The third-order valence-corrected chi connectivity index (χ3v) is 5.12. The zero-order valence-corrected chi connectivity index (χ0v) is 15.1. The maximum absolute atomic E-state index is 5.62. The van der Waals surface area contributed by atoms with E-state index < -0.39 is 0 Å². The maximum atomic E-state index is 5.62. The Morgan fingerprint density at radius 2 is 1.71 bits per heavy atom. The second-order valence-electron chi connectivity index (χ2n) is 7.16. The van der Waals surface area contributed by atoms with Gasteiger partial charge in [0.1, 0.15) is 0 Å². The highest BCUT2D eigenvalue weighted by Crippen LogP contribution is 2.31. The van der Waals surface area contributed by atoms with Crippen molar-refractivity contribution in [2.45, 2.75) is 66.3 Å². The Kier molecular flexibility index (Phi) is 8.84. The molecular weight excluding hydrogens is 260 g/mol. The van der Waals surface area contributed by atoms with Crippen LogP contribution in [0.4, 0.5) is 0 Å². The van der Waals surface area contributed by atoms with Crippen molar-refractivity contribution in [3.63, 3.8) is 0 Å². The molecule has 0 aliphatic carbocycles. The predicted octanol–water partition coefficient (Wildman–Crippen LogP) is 3.54. The molecule has 1 N–H and O–H groups in total. The van der Waals surface area contributed by atoms with E-state index in [0.29, 0.717) is 11.5 Å². The molecule has 126 valence electrons. The molecule has 0 saturated carbocycles. The van der Waals surface area contributed by atoms with Gasteiger partial charge in [0.25, 0.3) is 0 Å². The molecule has 1 aliphatic heterocycles. The van der Waals surface area contributed by atoms with E-state index in [0.717, 1.165) is 25.7 Å². The Morgan fingerprint density at radius 1 is 1.10 bits per heavy atom. The Balaban J connectivity index is 2.63. The van der Waals surface area contributed by atoms with E-state index in [1.165, 1.54) is 45.3 Å². The summed E-state index contributed by atoms with van der Waals surface area (Å²) < 4.78 is 5.62. The molecule has 1 aliphatic rings. The largest absolute Gasteiger partial charge is 0.381 e. The first kappa shape index (κ1) is 18.9. The second kappa shape index (κ2) is 9.81. The lowest BCUT2D eigenvalue weighted by Gasteiger charge is -2.42. The van der Waals surface area contributed by atoms with E-state index in [1.807, 2.05) is 0 Å². The fourth-order valence-electron chi connectivity index (χ4n) is 3.31. The van der Waals surface area contributed by atoms with Gasteiger partial charge in [-0.05, 0) is 30.7 Å². The van der Waals surface area contributed by atoms with E-state index in [4.69, 9.17) is 4.74 Å². The lowest BCUT2D eigenvalue weighted by Crippen LogP contribution is -2.49. The van der Waals surface area contributed by atoms with Crippen LogP contribution in [-0.4, -0.2) is 50.3 Å². The Morgan fingerprint density at radius 3 is 2.19 bits per heavy atom. The molecule has 0 unspecified atom stereocenters. The van der Waals surface area contributed by atoms with Gasteiger partial charge in [0, 0.05) is 38.9 Å². The molecule has 21 heavy (non-hydrogen) atoms. The van der Waals surface area contributed by atoms with Crippen LogP contribution in [0.1, 0.15) is 60.3 Å². The first-order chi connectivity index (χ1) is 10.0. The molecular formula is C18H38N2O. The predicted molar refractivity (Wildman–Crippen MR) is 91.8 cm³/mol. The van der Waals surface area contributed by atoms with Crippen molar-refractivity contribution in [1.82, 2.24) is 10.2 Å². The number of rotatable bonds is 10. The molecule has 0 aromatic heterocycles. The molecule has 1 rings (SSSR count). The highest BCUT2D eigenvalue weighted by molar-refractivity contribution is 4.88. The van der Waals surface area contributed by atoms with Crippen LogP contribution in [0.3, 0.4) is 0 Å². The Labute approximate surface area is 132 Å². The van der Waals surface area contributed by atoms with Gasteiger partial charge >= 0.3 is 0 Å². The van der Waals surface area contributed by atoms with Crippen LogP contribution < -0.4 is 5.32 Å². The summed E-state index contributed by atoms with van der Waals surface area (Å²) in [4.78, 5) is 2.69. The lowest BCUT2D eigenvalue weighted by molar-refractivity contribution is -0.00687. The minimum Gasteiger partial charge on any atom is -0.381 e. The summed E-state index contributed by atoms with van der Waals surface area (Å²) >= 11 is 0. The summed E-state index contributed by atoms with van der Waals surface area (Å²) in [6.45, 7) is 18.1. The topological polar surface area (TPSA) is 24.5 Å². The van der Waals surface area contributed by atoms with Gasteiger partial charge in [-0.15, -0.1) is 0 Å². The highest BCUT2D eigenvalue weighted by Gasteiger charge is 2.34. The smallest absolute Gasteiger partial charge is 0.0472 e. The lowest BCUT2D eigenvalue weighted by atomic mass is 9.79. The standard InChI is InChI=1S/C18H38N2O/c1-6-17(7-2)13-20(8-3)15-18(14-19-16(4)5)9-11-21-12-10-18/h16-17,19H,6-15H2,1-5H3. The zero-order chi connectivity index (χ0) is 15.7. The monoisotopic (exact) mass is 298 g/mol. The van der Waals surface area contributed by atoms with Crippen LogP contribution in [0.15, 0.2) is 0 Å². The summed E-state index contributed by atoms with van der Waals surface area (Å²) in [5, 5.41) is 3.68. The van der Waals surface area contributed by atoms with Crippen molar-refractivity contribution >= 4 is 0 Å². The average molecular weight is 299 g/mol. The fourth-order valence-corrected chi connectivity index (χ4v) is 3.31. The summed E-state index contributed by atoms with van der Waals surface area (Å²) in [5.74, 6) is 0.847. The van der Waals surface area contributed by atoms with Gasteiger partial charge < -0.3 is 15.0 Å². The van der Waals surface area contributed by atoms with E-state index in [-0.39, 0.29) is 0 Å². The average Bonchev–Trinajstić information content (AvgIpc) is 2.50. The van der Waals surface area contributed by atoms with E-state index in [2.05, 4.69) is 44.8 Å². The van der Waals surface area contributed by atoms with Crippen molar-refractivity contribution in [1.29, 1.82) is 0 Å². The molecule has 3 nitrogen and oxygen atoms in total. The van der Waals surface area contributed by atoms with Gasteiger partial charge in [-0.2, -0.15) is 0 Å². The van der Waals surface area contributed by atoms with E-state index in [1.54, 1.807) is 0 Å². The van der Waals surface area contributed by atoms with Gasteiger partial charge in [-0.1, -0.05) is 47.5 Å². The van der Waals surface area contributed by atoms with Gasteiger partial charge in [0.05, 0.1) is 0 Å². The molecule has 0 bridgehead atoms. The van der Waals surface area contributed by atoms with E-state index in [9.17, 15) is 0 Å². The first-order valence-corrected chi connectivity index (χ1v) is 9.08. The number of hydrogen-bond donors (Lipinski definition) is 1. The second-order valence-corrected chi connectivity index (χ2v) is 7.16. The number of ether oxygens (including phenoxy) is 1. The van der Waals surface area contributed by atoms with Crippen LogP contribution in [0.5, 0.6) is 0 Å². The van der Waals surface area contributed by atoms with Gasteiger partial charge in [-0.25, -0.2) is 0 Å². The minimum absolute atomic E-state index is 0.407. The van der Waals surface area contributed by atoms with Crippen LogP contribution >= 0.6 is 0 Å². The van der Waals surface area contributed by atoms with Gasteiger partial charge in [0.2, 0.25) is 0 Å². The van der Waals surface area contributed by atoms with Crippen molar-refractivity contribution in [3.8, 4) is 0 Å². The summed E-state index contributed by atoms with van der Waals surface area (Å²) in [6, 6.07) is 0.568. The van der Waals surface area contributed by atoms with Gasteiger partial charge in [0.15, 0.2) is 0 Å². The van der Waals surface area contributed by atoms with Crippen molar-refractivity contribution in [2.24, 2.45) is 11.3 Å². The molecule has 1 saturated heterocycles. The van der Waals surface area contributed by atoms with Crippen LogP contribution in [0.2, 0.25) is 0 Å². The summed E-state index contributed by atoms with van der Waals surface area (Å²) in [7, 11) is 0. The number of nitrogens with one attached hydrogen (secondary N) is 1. The first-order valence-electron chi connectivity index (χ1n) is 9.08. The molecule has 1 heterocycles. The van der Waals surface area contributed by atoms with Crippen molar-refractivity contribution in [3.05, 3.63) is 0 Å². The highest BCUT2D eigenvalue weighted by atomic mass is 16.5. The molecule has 0 aromatic rings. The SMILES string of the molecule is CCC(CC)CN(CC)CC1(CNC(C)C)CCOCC1. The number of nitrogens with zero attached hydrogens (tertiary/aromatic N) is 1. The summed E-state index contributed by atoms with van der Waals surface area (Å²) in [6.07, 6.45) is 5.00. The molecule has 0 radical (unpaired) electrons. The molecule has 0 atom stereocenters. The van der Waals surface area contributed by atoms with Crippen molar-refractivity contribution in [2.75, 3.05) is 39.4 Å². The minimum atomic E-state index is 0.407. The maximum Gasteiger partial charge on any atom is 0.0472 e. The third-order valence-electron chi connectivity index (χ3n) is 5.12. The van der Waals surface area contributed by atoms with Crippen molar-refractivity contribution < 1.29 is 4.74 Å². The normalized spacial score (nSPS) is 18.9. The molecule has 0 amide bonds. The van der Waals surface area contributed by atoms with Crippen LogP contribution in [-0.2, 0) is 4.74 Å². The Hall–Kier alpha value is -0.120.